The van der Waals surface area contributed by atoms with Crippen molar-refractivity contribution >= 4 is 5.78 Å². The molecule has 1 unspecified atom stereocenters. The molecule has 0 aliphatic heterocycles. The molecule has 1 aromatic carbocycles. The van der Waals surface area contributed by atoms with Crippen molar-refractivity contribution < 1.29 is 19.0 Å². The minimum atomic E-state index is -0.643. The Labute approximate surface area is 135 Å². The first-order valence-electron chi connectivity index (χ1n) is 7.34. The maximum Gasteiger partial charge on any atom is 0.204 e. The van der Waals surface area contributed by atoms with E-state index >= 15 is 0 Å². The molecule has 5 nitrogen and oxygen atoms in total. The number of methoxy groups -OCH3 is 3. The van der Waals surface area contributed by atoms with Crippen LogP contribution < -0.4 is 14.2 Å². The van der Waals surface area contributed by atoms with Gasteiger partial charge in [0.1, 0.15) is 0 Å². The molecule has 1 aromatic heterocycles. The number of pyridine rings is 1. The van der Waals surface area contributed by atoms with Crippen LogP contribution in [0.4, 0.5) is 0 Å². The molecular weight excluding hydrogens is 294 g/mol. The molecule has 0 spiro atoms. The SMILES string of the molecule is COc1cc2c(c(OC)c1OC)C(=O)C(C)(c1ccncc1)C2. The number of ether oxygens (including phenoxy) is 3. The third-order valence-corrected chi connectivity index (χ3v) is 4.50. The number of hydrogen-bond acceptors (Lipinski definition) is 5. The molecule has 1 atom stereocenters. The standard InChI is InChI=1S/C18H19NO4/c1-18(12-5-7-19-8-6-12)10-11-9-13(21-2)15(22-3)16(23-4)14(11)17(18)20/h5-9H,10H2,1-4H3. The predicted octanol–water partition coefficient (Wildman–Crippen LogP) is 2.80. The van der Waals surface area contributed by atoms with E-state index in [0.717, 1.165) is 11.1 Å². The highest BCUT2D eigenvalue weighted by Gasteiger charge is 2.46. The highest BCUT2D eigenvalue weighted by atomic mass is 16.5. The van der Waals surface area contributed by atoms with Crippen LogP contribution in [0.5, 0.6) is 17.2 Å². The van der Waals surface area contributed by atoms with Crippen molar-refractivity contribution in [3.63, 3.8) is 0 Å². The highest BCUT2D eigenvalue weighted by Crippen LogP contribution is 2.50. The van der Waals surface area contributed by atoms with Crippen LogP contribution in [0.3, 0.4) is 0 Å². The van der Waals surface area contributed by atoms with Gasteiger partial charge in [-0.1, -0.05) is 0 Å². The van der Waals surface area contributed by atoms with Gasteiger partial charge in [-0.3, -0.25) is 9.78 Å². The van der Waals surface area contributed by atoms with Crippen molar-refractivity contribution in [1.29, 1.82) is 0 Å². The number of carbonyl (C=O) groups excluding carboxylic acids is 1. The number of nitrogens with zero attached hydrogens (tertiary/aromatic N) is 1. The number of aromatic nitrogens is 1. The summed E-state index contributed by atoms with van der Waals surface area (Å²) < 4.78 is 16.3. The Balaban J connectivity index is 2.20. The summed E-state index contributed by atoms with van der Waals surface area (Å²) in [5.41, 5.74) is 1.78. The van der Waals surface area contributed by atoms with Gasteiger partial charge in [-0.2, -0.15) is 0 Å². The smallest absolute Gasteiger partial charge is 0.204 e. The molecule has 0 fully saturated rings. The first-order chi connectivity index (χ1) is 11.1. The quantitative estimate of drug-likeness (QED) is 0.868. The minimum Gasteiger partial charge on any atom is -0.493 e. The van der Waals surface area contributed by atoms with E-state index in [-0.39, 0.29) is 5.78 Å². The molecule has 2 aromatic rings. The fraction of sp³-hybridized carbons (Fsp3) is 0.333. The lowest BCUT2D eigenvalue weighted by Crippen LogP contribution is -2.29. The lowest BCUT2D eigenvalue weighted by molar-refractivity contribution is 0.0912. The van der Waals surface area contributed by atoms with Crippen molar-refractivity contribution in [2.75, 3.05) is 21.3 Å². The largest absolute Gasteiger partial charge is 0.493 e. The van der Waals surface area contributed by atoms with Gasteiger partial charge in [0.25, 0.3) is 0 Å². The molecule has 23 heavy (non-hydrogen) atoms. The molecule has 3 rings (SSSR count). The van der Waals surface area contributed by atoms with Crippen LogP contribution in [0.1, 0.15) is 28.4 Å². The Bertz CT molecular complexity index is 757. The molecule has 0 saturated heterocycles. The molecular formula is C18H19NO4. The van der Waals surface area contributed by atoms with E-state index in [2.05, 4.69) is 4.98 Å². The fourth-order valence-corrected chi connectivity index (χ4v) is 3.29. The van der Waals surface area contributed by atoms with Crippen molar-refractivity contribution in [2.24, 2.45) is 0 Å². The normalized spacial score (nSPS) is 19.4. The summed E-state index contributed by atoms with van der Waals surface area (Å²) in [7, 11) is 4.64. The van der Waals surface area contributed by atoms with Crippen molar-refractivity contribution in [1.82, 2.24) is 4.98 Å². The van der Waals surface area contributed by atoms with Crippen molar-refractivity contribution in [3.8, 4) is 17.2 Å². The predicted molar refractivity (Wildman–Crippen MR) is 85.7 cm³/mol. The number of benzene rings is 1. The third-order valence-electron chi connectivity index (χ3n) is 4.50. The van der Waals surface area contributed by atoms with Gasteiger partial charge in [0.05, 0.1) is 32.3 Å². The van der Waals surface area contributed by atoms with Crippen LogP contribution in [-0.4, -0.2) is 32.1 Å². The first kappa shape index (κ1) is 15.3. The van der Waals surface area contributed by atoms with E-state index < -0.39 is 5.41 Å². The van der Waals surface area contributed by atoms with Crippen LogP contribution in [0.25, 0.3) is 0 Å². The van der Waals surface area contributed by atoms with Crippen LogP contribution in [-0.2, 0) is 11.8 Å². The van der Waals surface area contributed by atoms with Crippen molar-refractivity contribution in [2.45, 2.75) is 18.8 Å². The number of carbonyl (C=O) groups is 1. The second-order valence-electron chi connectivity index (χ2n) is 5.75. The summed E-state index contributed by atoms with van der Waals surface area (Å²) in [6.07, 6.45) is 3.99. The van der Waals surface area contributed by atoms with E-state index in [1.54, 1.807) is 19.5 Å². The summed E-state index contributed by atoms with van der Waals surface area (Å²) in [4.78, 5) is 17.2. The Morgan fingerprint density at radius 3 is 2.26 bits per heavy atom. The summed E-state index contributed by atoms with van der Waals surface area (Å²) in [6, 6.07) is 5.62. The summed E-state index contributed by atoms with van der Waals surface area (Å²) in [6.45, 7) is 1.95. The molecule has 120 valence electrons. The molecule has 5 heteroatoms. The topological polar surface area (TPSA) is 57.7 Å². The maximum absolute atomic E-state index is 13.2. The molecule has 0 saturated carbocycles. The monoisotopic (exact) mass is 313 g/mol. The Morgan fingerprint density at radius 1 is 1.04 bits per heavy atom. The Kier molecular flexibility index (Phi) is 3.72. The van der Waals surface area contributed by atoms with Crippen molar-refractivity contribution in [3.05, 3.63) is 47.3 Å². The van der Waals surface area contributed by atoms with E-state index in [0.29, 0.717) is 29.2 Å². The van der Waals surface area contributed by atoms with Gasteiger partial charge in [-0.05, 0) is 42.7 Å². The second kappa shape index (κ2) is 5.57. The van der Waals surface area contributed by atoms with E-state index in [9.17, 15) is 4.79 Å². The third kappa shape index (κ3) is 2.15. The van der Waals surface area contributed by atoms with Crippen LogP contribution in [0, 0.1) is 0 Å². The van der Waals surface area contributed by atoms with E-state index in [4.69, 9.17) is 14.2 Å². The zero-order chi connectivity index (χ0) is 16.6. The Morgan fingerprint density at radius 2 is 1.70 bits per heavy atom. The molecule has 1 aliphatic carbocycles. The van der Waals surface area contributed by atoms with E-state index in [1.807, 2.05) is 25.1 Å². The molecule has 0 radical (unpaired) electrons. The van der Waals surface area contributed by atoms with Gasteiger partial charge in [0.15, 0.2) is 17.3 Å². The van der Waals surface area contributed by atoms with Gasteiger partial charge in [-0.15, -0.1) is 0 Å². The number of hydrogen-bond donors (Lipinski definition) is 0. The van der Waals surface area contributed by atoms with Gasteiger partial charge in [0, 0.05) is 12.4 Å². The summed E-state index contributed by atoms with van der Waals surface area (Å²) in [5.74, 6) is 1.47. The van der Waals surface area contributed by atoms with Crippen LogP contribution in [0.15, 0.2) is 30.6 Å². The molecule has 0 amide bonds. The molecule has 1 aliphatic rings. The fourth-order valence-electron chi connectivity index (χ4n) is 3.29. The molecule has 1 heterocycles. The maximum atomic E-state index is 13.2. The average molecular weight is 313 g/mol. The lowest BCUT2D eigenvalue weighted by atomic mass is 9.79. The van der Waals surface area contributed by atoms with E-state index in [1.165, 1.54) is 14.2 Å². The number of Topliss-reactive ketones (excluding diaryl/α,β-unsaturated/α-hetero) is 1. The van der Waals surface area contributed by atoms with Crippen LogP contribution >= 0.6 is 0 Å². The number of rotatable bonds is 4. The highest BCUT2D eigenvalue weighted by molar-refractivity contribution is 6.11. The second-order valence-corrected chi connectivity index (χ2v) is 5.75. The Hall–Kier alpha value is -2.56. The molecule has 0 N–H and O–H groups in total. The first-order valence-corrected chi connectivity index (χ1v) is 7.34. The van der Waals surface area contributed by atoms with Gasteiger partial charge >= 0.3 is 0 Å². The zero-order valence-electron chi connectivity index (χ0n) is 13.7. The number of ketones is 1. The van der Waals surface area contributed by atoms with Gasteiger partial charge in [-0.25, -0.2) is 0 Å². The van der Waals surface area contributed by atoms with Crippen LogP contribution in [0.2, 0.25) is 0 Å². The zero-order valence-corrected chi connectivity index (χ0v) is 13.7. The lowest BCUT2D eigenvalue weighted by Gasteiger charge is -2.22. The summed E-state index contributed by atoms with van der Waals surface area (Å²) >= 11 is 0. The summed E-state index contributed by atoms with van der Waals surface area (Å²) in [5, 5.41) is 0. The minimum absolute atomic E-state index is 0.0245. The van der Waals surface area contributed by atoms with Gasteiger partial charge < -0.3 is 14.2 Å². The number of fused-ring (bicyclic) bond motifs is 1. The van der Waals surface area contributed by atoms with Gasteiger partial charge in [0.2, 0.25) is 5.75 Å². The average Bonchev–Trinajstić information content (AvgIpc) is 2.85. The molecule has 0 bridgehead atoms.